The van der Waals surface area contributed by atoms with Gasteiger partial charge in [-0.1, -0.05) is 47.5 Å². The van der Waals surface area contributed by atoms with Gasteiger partial charge >= 0.3 is 0 Å². The van der Waals surface area contributed by atoms with E-state index in [0.717, 1.165) is 0 Å². The third kappa shape index (κ3) is 3.55. The van der Waals surface area contributed by atoms with Crippen LogP contribution in [0.1, 0.15) is 41.5 Å². The molecule has 0 aliphatic carbocycles. The molecule has 22 heavy (non-hydrogen) atoms. The first kappa shape index (κ1) is 16.7. The number of hydrogen-bond acceptors (Lipinski definition) is 5. The van der Waals surface area contributed by atoms with Crippen molar-refractivity contribution in [2.24, 2.45) is 20.8 Å². The van der Waals surface area contributed by atoms with Crippen molar-refractivity contribution in [3.8, 4) is 12.3 Å². The summed E-state index contributed by atoms with van der Waals surface area (Å²) in [6.07, 6.45) is 5.49. The van der Waals surface area contributed by atoms with Gasteiger partial charge in [-0.15, -0.1) is 6.42 Å². The van der Waals surface area contributed by atoms with E-state index < -0.39 is 0 Å². The van der Waals surface area contributed by atoms with E-state index in [0.29, 0.717) is 31.8 Å². The number of rotatable bonds is 1. The molecule has 0 amide bonds. The molecule has 0 aromatic heterocycles. The van der Waals surface area contributed by atoms with Crippen molar-refractivity contribution >= 4 is 12.0 Å². The lowest BCUT2D eigenvalue weighted by molar-refractivity contribution is 0.207. The molecule has 0 N–H and O–H groups in total. The molecule has 5 nitrogen and oxygen atoms in total. The molecular formula is C17H27N3O2. The smallest absolute Gasteiger partial charge is 0.296 e. The van der Waals surface area contributed by atoms with Gasteiger partial charge in [0.25, 0.3) is 12.0 Å². The first-order valence-corrected chi connectivity index (χ1v) is 7.75. The van der Waals surface area contributed by atoms with Crippen LogP contribution in [0.5, 0.6) is 0 Å². The Bertz CT molecular complexity index is 477. The van der Waals surface area contributed by atoms with Gasteiger partial charge in [-0.05, 0) is 10.8 Å². The van der Waals surface area contributed by atoms with E-state index in [1.54, 1.807) is 4.90 Å². The van der Waals surface area contributed by atoms with Crippen LogP contribution >= 0.6 is 0 Å². The normalized spacial score (nSPS) is 25.0. The van der Waals surface area contributed by atoms with Crippen LogP contribution in [0, 0.1) is 23.2 Å². The lowest BCUT2D eigenvalue weighted by Gasteiger charge is -2.21. The largest absolute Gasteiger partial charge is 0.462 e. The molecule has 0 aromatic carbocycles. The van der Waals surface area contributed by atoms with Gasteiger partial charge in [-0.25, -0.2) is 14.9 Å². The van der Waals surface area contributed by atoms with E-state index in [9.17, 15) is 0 Å². The highest BCUT2D eigenvalue weighted by molar-refractivity contribution is 5.94. The number of ether oxygens (including phenoxy) is 2. The molecule has 2 rings (SSSR count). The molecule has 122 valence electrons. The maximum absolute atomic E-state index is 5.76. The third-order valence-corrected chi connectivity index (χ3v) is 3.98. The van der Waals surface area contributed by atoms with E-state index >= 15 is 0 Å². The number of hydrogen-bond donors (Lipinski definition) is 0. The fourth-order valence-corrected chi connectivity index (χ4v) is 2.21. The first-order chi connectivity index (χ1) is 10.1. The van der Waals surface area contributed by atoms with Crippen molar-refractivity contribution in [2.75, 3.05) is 19.8 Å². The van der Waals surface area contributed by atoms with Crippen molar-refractivity contribution in [3.05, 3.63) is 0 Å². The van der Waals surface area contributed by atoms with Crippen LogP contribution in [0.15, 0.2) is 9.98 Å². The molecule has 0 radical (unpaired) electrons. The lowest BCUT2D eigenvalue weighted by atomic mass is 9.88. The Labute approximate surface area is 133 Å². The highest BCUT2D eigenvalue weighted by Crippen LogP contribution is 2.29. The van der Waals surface area contributed by atoms with Gasteiger partial charge in [0.15, 0.2) is 0 Å². The van der Waals surface area contributed by atoms with E-state index in [4.69, 9.17) is 15.9 Å². The number of terminal acetylenes is 1. The van der Waals surface area contributed by atoms with Gasteiger partial charge in [0.05, 0.1) is 18.6 Å². The summed E-state index contributed by atoms with van der Waals surface area (Å²) >= 11 is 0. The van der Waals surface area contributed by atoms with E-state index in [-0.39, 0.29) is 22.9 Å². The monoisotopic (exact) mass is 305 g/mol. The van der Waals surface area contributed by atoms with Gasteiger partial charge in [-0.3, -0.25) is 0 Å². The second kappa shape index (κ2) is 5.83. The van der Waals surface area contributed by atoms with Gasteiger partial charge in [-0.2, -0.15) is 0 Å². The molecule has 5 heteroatoms. The number of nitrogens with zero attached hydrogens (tertiary/aromatic N) is 3. The summed E-state index contributed by atoms with van der Waals surface area (Å²) < 4.78 is 11.5. The molecule has 0 bridgehead atoms. The molecule has 2 aliphatic heterocycles. The summed E-state index contributed by atoms with van der Waals surface area (Å²) in [6.45, 7) is 14.4. The van der Waals surface area contributed by atoms with Crippen LogP contribution in [-0.2, 0) is 9.47 Å². The van der Waals surface area contributed by atoms with E-state index in [1.165, 1.54) is 0 Å². The van der Waals surface area contributed by atoms with Crippen LogP contribution in [0.25, 0.3) is 0 Å². The Kier molecular flexibility index (Phi) is 4.42. The van der Waals surface area contributed by atoms with Crippen molar-refractivity contribution < 1.29 is 9.47 Å². The van der Waals surface area contributed by atoms with Crippen LogP contribution in [0.4, 0.5) is 0 Å². The highest BCUT2D eigenvalue weighted by atomic mass is 16.5. The van der Waals surface area contributed by atoms with Crippen LogP contribution in [-0.4, -0.2) is 48.8 Å². The molecule has 0 saturated heterocycles. The summed E-state index contributed by atoms with van der Waals surface area (Å²) in [7, 11) is 0. The molecule has 2 atom stereocenters. The second-order valence-electron chi connectivity index (χ2n) is 8.00. The Morgan fingerprint density at radius 2 is 1.41 bits per heavy atom. The van der Waals surface area contributed by atoms with Crippen LogP contribution in [0.3, 0.4) is 0 Å². The minimum atomic E-state index is 0.0514. The summed E-state index contributed by atoms with van der Waals surface area (Å²) in [5.74, 6) is 2.63. The van der Waals surface area contributed by atoms with Gasteiger partial charge in [0.1, 0.15) is 13.2 Å². The van der Waals surface area contributed by atoms with Crippen LogP contribution in [0.2, 0.25) is 0 Å². The zero-order valence-corrected chi connectivity index (χ0v) is 14.5. The average molecular weight is 305 g/mol. The highest BCUT2D eigenvalue weighted by Gasteiger charge is 2.37. The topological polar surface area (TPSA) is 46.4 Å². The maximum atomic E-state index is 5.76. The fourth-order valence-electron chi connectivity index (χ4n) is 2.21. The van der Waals surface area contributed by atoms with Crippen LogP contribution < -0.4 is 0 Å². The predicted octanol–water partition coefficient (Wildman–Crippen LogP) is 2.52. The summed E-state index contributed by atoms with van der Waals surface area (Å²) in [5, 5.41) is 0. The van der Waals surface area contributed by atoms with Crippen molar-refractivity contribution in [1.29, 1.82) is 0 Å². The molecule has 0 saturated carbocycles. The van der Waals surface area contributed by atoms with E-state index in [1.807, 2.05) is 0 Å². The lowest BCUT2D eigenvalue weighted by Crippen LogP contribution is -2.37. The number of amidine groups is 2. The van der Waals surface area contributed by atoms with Crippen molar-refractivity contribution in [1.82, 2.24) is 4.90 Å². The minimum Gasteiger partial charge on any atom is -0.462 e. The standard InChI is InChI=1S/C17H27N3O2/c1-8-9-20(14-18-12(10-21-14)16(2,3)4)15-19-13(11-22-15)17(5,6)7/h1,12-13H,9-11H2,2-7H3/t12-,13-/m1/s1. The fraction of sp³-hybridized carbons (Fsp3) is 0.765. The maximum Gasteiger partial charge on any atom is 0.296 e. The van der Waals surface area contributed by atoms with Crippen molar-refractivity contribution in [3.63, 3.8) is 0 Å². The second-order valence-corrected chi connectivity index (χ2v) is 8.00. The Morgan fingerprint density at radius 3 is 1.68 bits per heavy atom. The molecular weight excluding hydrogens is 278 g/mol. The predicted molar refractivity (Wildman–Crippen MR) is 88.8 cm³/mol. The molecule has 2 aliphatic rings. The number of aliphatic imine (C=N–C) groups is 2. The Balaban J connectivity index is 2.21. The SMILES string of the molecule is C#CCN(C1=N[C@@H](C(C)(C)C)CO1)C1=N[C@@H](C(C)(C)C)CO1. The summed E-state index contributed by atoms with van der Waals surface area (Å²) in [4.78, 5) is 11.1. The molecule has 0 unspecified atom stereocenters. The average Bonchev–Trinajstić information content (AvgIpc) is 3.03. The third-order valence-electron chi connectivity index (χ3n) is 3.98. The van der Waals surface area contributed by atoms with Gasteiger partial charge in [0.2, 0.25) is 0 Å². The molecule has 0 aromatic rings. The van der Waals surface area contributed by atoms with Crippen molar-refractivity contribution in [2.45, 2.75) is 53.6 Å². The van der Waals surface area contributed by atoms with Gasteiger partial charge in [0, 0.05) is 0 Å². The molecule has 0 fully saturated rings. The minimum absolute atomic E-state index is 0.0514. The van der Waals surface area contributed by atoms with Gasteiger partial charge < -0.3 is 9.47 Å². The summed E-state index contributed by atoms with van der Waals surface area (Å²) in [5.41, 5.74) is 0.103. The Hall–Kier alpha value is -1.70. The zero-order chi connectivity index (χ0) is 16.5. The first-order valence-electron chi connectivity index (χ1n) is 7.75. The Morgan fingerprint density at radius 1 is 1.00 bits per heavy atom. The van der Waals surface area contributed by atoms with E-state index in [2.05, 4.69) is 57.4 Å². The zero-order valence-electron chi connectivity index (χ0n) is 14.5. The quantitative estimate of drug-likeness (QED) is 0.699. The summed E-state index contributed by atoms with van der Waals surface area (Å²) in [6, 6.07) is 1.27. The molecule has 0 spiro atoms. The molecule has 2 heterocycles.